The summed E-state index contributed by atoms with van der Waals surface area (Å²) >= 11 is -4.36. The Bertz CT molecular complexity index is 64.2. The third-order valence-electron chi connectivity index (χ3n) is 0.276. The average Bonchev–Trinajstić information content (AvgIpc) is 1.32. The van der Waals surface area contributed by atoms with Gasteiger partial charge in [0.15, 0.2) is 0 Å². The van der Waals surface area contributed by atoms with Crippen molar-refractivity contribution in [2.45, 2.75) is 0 Å². The molecule has 0 saturated carbocycles. The molecule has 0 fully saturated rings. The van der Waals surface area contributed by atoms with E-state index in [1.54, 1.807) is 0 Å². The molecule has 0 spiro atoms. The van der Waals surface area contributed by atoms with Crippen LogP contribution in [-0.4, -0.2) is 20.4 Å². The van der Waals surface area contributed by atoms with E-state index in [-0.39, 0.29) is 0 Å². The second-order valence-corrected chi connectivity index (χ2v) is 29.9. The summed E-state index contributed by atoms with van der Waals surface area (Å²) in [6, 6.07) is 0. The molecule has 6 heteroatoms. The first-order chi connectivity index (χ1) is 2.81. The topological polar surface area (TPSA) is 9.23 Å². The Morgan fingerprint density at radius 2 is 1.29 bits per heavy atom. The molecule has 46 valence electrons. The first kappa shape index (κ1) is 8.94. The van der Waals surface area contributed by atoms with Crippen LogP contribution in [0, 0.1) is 0 Å². The Hall–Kier alpha value is 1.94. The fourth-order valence-corrected chi connectivity index (χ4v) is 0. The Balaban J connectivity index is 3.83. The number of rotatable bonds is 1. The summed E-state index contributed by atoms with van der Waals surface area (Å²) < 4.78 is 4.39. The third kappa shape index (κ3) is 7.94. The van der Waals surface area contributed by atoms with Crippen LogP contribution in [0.25, 0.3) is 0 Å². The first-order valence-electron chi connectivity index (χ1n) is 1.27. The van der Waals surface area contributed by atoms with Crippen LogP contribution in [0.2, 0.25) is 0 Å². The van der Waals surface area contributed by atoms with Crippen LogP contribution in [0.3, 0.4) is 0 Å². The van der Waals surface area contributed by atoms with Crippen LogP contribution >= 0.6 is 35.3 Å². The Morgan fingerprint density at radius 1 is 1.14 bits per heavy atom. The van der Waals surface area contributed by atoms with Gasteiger partial charge in [0.1, 0.15) is 0 Å². The van der Waals surface area contributed by atoms with Gasteiger partial charge in [-0.1, -0.05) is 0 Å². The fourth-order valence-electron chi connectivity index (χ4n) is 0. The molecular weight excluding hydrogens is 292 g/mol. The summed E-state index contributed by atoms with van der Waals surface area (Å²) in [6.45, 7) is 0. The van der Waals surface area contributed by atoms with Gasteiger partial charge in [-0.25, -0.2) is 0 Å². The molecule has 0 amide bonds. The van der Waals surface area contributed by atoms with Gasteiger partial charge < -0.3 is 0 Å². The molecule has 0 aromatic rings. The van der Waals surface area contributed by atoms with Crippen molar-refractivity contribution >= 4 is 48.6 Å². The molecule has 0 rings (SSSR count). The van der Waals surface area contributed by atoms with Crippen LogP contribution in [0.1, 0.15) is 0 Å². The molecule has 7 heavy (non-hydrogen) atoms. The van der Waals surface area contributed by atoms with Gasteiger partial charge in [-0.15, -0.1) is 0 Å². The Morgan fingerprint density at radius 3 is 1.29 bits per heavy atom. The van der Waals surface area contributed by atoms with E-state index in [0.717, 1.165) is 0 Å². The minimum absolute atomic E-state index is 1.28. The van der Waals surface area contributed by atoms with Gasteiger partial charge in [-0.05, 0) is 0 Å². The van der Waals surface area contributed by atoms with Crippen molar-refractivity contribution in [3.05, 3.63) is 0 Å². The Kier molecular flexibility index (Phi) is 2.91. The zero-order chi connectivity index (χ0) is 6.15. The molecule has 1 nitrogen and oxygen atoms in total. The van der Waals surface area contributed by atoms with E-state index in [1.807, 2.05) is 0 Å². The molecular formula is CH3Cl4OSb. The van der Waals surface area contributed by atoms with Crippen molar-refractivity contribution in [2.24, 2.45) is 0 Å². The zero-order valence-electron chi connectivity index (χ0n) is 3.37. The third-order valence-corrected chi connectivity index (χ3v) is 5.55. The predicted molar refractivity (Wildman–Crippen MR) is 36.2 cm³/mol. The van der Waals surface area contributed by atoms with Gasteiger partial charge in [-0.3, -0.25) is 0 Å². The van der Waals surface area contributed by atoms with Crippen molar-refractivity contribution in [1.29, 1.82) is 0 Å². The van der Waals surface area contributed by atoms with E-state index < -0.39 is 13.3 Å². The SMILES string of the molecule is C[O][Sb]([Cl])([Cl])([Cl])[Cl]. The molecule has 0 aliphatic rings. The standard InChI is InChI=1S/CH3O.4ClH.Sb/c1-2;;;;;/h1H3;4*1H;/q-1;;;;;+5/p-4. The van der Waals surface area contributed by atoms with Crippen molar-refractivity contribution in [3.8, 4) is 0 Å². The van der Waals surface area contributed by atoms with E-state index in [0.29, 0.717) is 0 Å². The summed E-state index contributed by atoms with van der Waals surface area (Å²) in [7, 11) is 22.3. The van der Waals surface area contributed by atoms with E-state index in [1.165, 1.54) is 7.11 Å². The Labute approximate surface area is 58.1 Å². The van der Waals surface area contributed by atoms with E-state index in [2.05, 4.69) is 3.02 Å². The van der Waals surface area contributed by atoms with Crippen LogP contribution in [0.4, 0.5) is 0 Å². The second kappa shape index (κ2) is 2.28. The van der Waals surface area contributed by atoms with Gasteiger partial charge in [0.05, 0.1) is 0 Å². The van der Waals surface area contributed by atoms with Gasteiger partial charge in [-0.2, -0.15) is 0 Å². The maximum atomic E-state index is 5.25. The molecule has 0 aliphatic heterocycles. The second-order valence-electron chi connectivity index (χ2n) is 0.842. The summed E-state index contributed by atoms with van der Waals surface area (Å²) in [5, 5.41) is 0. The van der Waals surface area contributed by atoms with Crippen molar-refractivity contribution in [1.82, 2.24) is 0 Å². The van der Waals surface area contributed by atoms with Crippen molar-refractivity contribution in [2.75, 3.05) is 7.11 Å². The molecule has 0 aromatic carbocycles. The summed E-state index contributed by atoms with van der Waals surface area (Å²) in [5.74, 6) is 0. The van der Waals surface area contributed by atoms with Crippen molar-refractivity contribution in [3.63, 3.8) is 0 Å². The molecule has 0 bridgehead atoms. The molecule has 0 heterocycles. The summed E-state index contributed by atoms with van der Waals surface area (Å²) in [6.07, 6.45) is 0. The molecule has 0 unspecified atom stereocenters. The number of hydrogen-bond acceptors (Lipinski definition) is 1. The van der Waals surface area contributed by atoms with E-state index in [9.17, 15) is 0 Å². The quantitative estimate of drug-likeness (QED) is 0.675. The molecule has 0 radical (unpaired) electrons. The number of hydrogen-bond donors (Lipinski definition) is 0. The molecule has 0 saturated heterocycles. The molecule has 0 N–H and O–H groups in total. The maximum absolute atomic E-state index is 5.25. The van der Waals surface area contributed by atoms with Crippen LogP contribution < -0.4 is 0 Å². The van der Waals surface area contributed by atoms with Crippen LogP contribution in [0.15, 0.2) is 0 Å². The number of halogens is 4. The normalized spacial score (nSPS) is 18.1. The summed E-state index contributed by atoms with van der Waals surface area (Å²) in [5.41, 5.74) is 0. The summed E-state index contributed by atoms with van der Waals surface area (Å²) in [4.78, 5) is 0. The van der Waals surface area contributed by atoms with E-state index in [4.69, 9.17) is 35.3 Å². The molecule has 0 aliphatic carbocycles. The van der Waals surface area contributed by atoms with Crippen LogP contribution in [-0.2, 0) is 3.02 Å². The minimum atomic E-state index is -4.36. The fraction of sp³-hybridized carbons (Fsp3) is 1.00. The van der Waals surface area contributed by atoms with Gasteiger partial charge >= 0.3 is 58.7 Å². The molecule has 0 atom stereocenters. The van der Waals surface area contributed by atoms with Crippen LogP contribution in [0.5, 0.6) is 0 Å². The average molecular weight is 295 g/mol. The first-order valence-corrected chi connectivity index (χ1v) is 15.2. The van der Waals surface area contributed by atoms with Gasteiger partial charge in [0.25, 0.3) is 0 Å². The molecule has 0 aromatic heterocycles. The van der Waals surface area contributed by atoms with Crippen molar-refractivity contribution < 1.29 is 3.02 Å². The zero-order valence-corrected chi connectivity index (χ0v) is 8.94. The van der Waals surface area contributed by atoms with Gasteiger partial charge in [0.2, 0.25) is 0 Å². The predicted octanol–water partition coefficient (Wildman–Crippen LogP) is 2.47. The van der Waals surface area contributed by atoms with E-state index >= 15 is 0 Å². The van der Waals surface area contributed by atoms with Gasteiger partial charge in [0, 0.05) is 0 Å². The monoisotopic (exact) mass is 292 g/mol.